The lowest BCUT2D eigenvalue weighted by atomic mass is 10.1. The van der Waals surface area contributed by atoms with E-state index in [2.05, 4.69) is 4.90 Å². The van der Waals surface area contributed by atoms with Gasteiger partial charge in [-0.1, -0.05) is 23.2 Å². The number of nitrogens with zero attached hydrogens (tertiary/aromatic N) is 2. The van der Waals surface area contributed by atoms with Crippen molar-refractivity contribution < 1.29 is 9.53 Å². The van der Waals surface area contributed by atoms with Crippen LogP contribution in [0.4, 0.5) is 0 Å². The highest BCUT2D eigenvalue weighted by molar-refractivity contribution is 6.35. The van der Waals surface area contributed by atoms with Crippen LogP contribution in [-0.2, 0) is 4.74 Å². The maximum absolute atomic E-state index is 12.5. The van der Waals surface area contributed by atoms with E-state index < -0.39 is 0 Å². The number of hydrogen-bond acceptors (Lipinski definition) is 3. The van der Waals surface area contributed by atoms with Crippen LogP contribution in [0.2, 0.25) is 10.0 Å². The molecule has 1 atom stereocenters. The molecule has 0 bridgehead atoms. The molecule has 1 aromatic rings. The van der Waals surface area contributed by atoms with Crippen LogP contribution in [-0.4, -0.2) is 61.1 Å². The van der Waals surface area contributed by atoms with Crippen LogP contribution in [0.3, 0.4) is 0 Å². The van der Waals surface area contributed by atoms with E-state index in [4.69, 9.17) is 27.9 Å². The average Bonchev–Trinajstić information content (AvgIpc) is 2.99. The van der Waals surface area contributed by atoms with Crippen LogP contribution < -0.4 is 0 Å². The predicted molar refractivity (Wildman–Crippen MR) is 87.8 cm³/mol. The molecule has 1 amide bonds. The second kappa shape index (κ2) is 7.18. The lowest BCUT2D eigenvalue weighted by molar-refractivity contribution is 0.0433. The largest absolute Gasteiger partial charge is 0.377 e. The van der Waals surface area contributed by atoms with Crippen molar-refractivity contribution in [3.05, 3.63) is 33.8 Å². The molecule has 3 rings (SSSR count). The number of rotatable bonds is 3. The van der Waals surface area contributed by atoms with Crippen molar-refractivity contribution in [2.24, 2.45) is 0 Å². The molecule has 2 heterocycles. The summed E-state index contributed by atoms with van der Waals surface area (Å²) in [6.07, 6.45) is 2.69. The van der Waals surface area contributed by atoms with E-state index >= 15 is 0 Å². The summed E-state index contributed by atoms with van der Waals surface area (Å²) >= 11 is 11.9. The Morgan fingerprint density at radius 3 is 2.41 bits per heavy atom. The van der Waals surface area contributed by atoms with Crippen molar-refractivity contribution in [1.82, 2.24) is 9.80 Å². The summed E-state index contributed by atoms with van der Waals surface area (Å²) in [4.78, 5) is 16.8. The SMILES string of the molecule is O=C(c1cc(Cl)cc(Cl)c1)N1CCN(C[C@H]2CCCO2)CC1. The predicted octanol–water partition coefficient (Wildman–Crippen LogP) is 2.93. The first kappa shape index (κ1) is 16.1. The zero-order chi connectivity index (χ0) is 15.5. The van der Waals surface area contributed by atoms with Crippen LogP contribution in [0.15, 0.2) is 18.2 Å². The number of piperazine rings is 1. The summed E-state index contributed by atoms with van der Waals surface area (Å²) in [5.74, 6) is 0.00108. The summed E-state index contributed by atoms with van der Waals surface area (Å²) in [6.45, 7) is 5.11. The van der Waals surface area contributed by atoms with Gasteiger partial charge in [-0.25, -0.2) is 0 Å². The second-order valence-corrected chi connectivity index (χ2v) is 6.76. The molecule has 0 spiro atoms. The minimum atomic E-state index is 0.00108. The molecule has 0 radical (unpaired) electrons. The van der Waals surface area contributed by atoms with Gasteiger partial charge < -0.3 is 9.64 Å². The third kappa shape index (κ3) is 3.93. The molecule has 1 aromatic carbocycles. The molecular weight excluding hydrogens is 323 g/mol. The highest BCUT2D eigenvalue weighted by Gasteiger charge is 2.25. The smallest absolute Gasteiger partial charge is 0.254 e. The molecule has 2 saturated heterocycles. The fourth-order valence-electron chi connectivity index (χ4n) is 3.07. The van der Waals surface area contributed by atoms with Gasteiger partial charge >= 0.3 is 0 Å². The first-order valence-corrected chi connectivity index (χ1v) is 8.47. The molecule has 0 aliphatic carbocycles. The maximum atomic E-state index is 12.5. The lowest BCUT2D eigenvalue weighted by Crippen LogP contribution is -2.50. The standard InChI is InChI=1S/C16H20Cl2N2O2/c17-13-8-12(9-14(18)10-13)16(21)20-5-3-19(4-6-20)11-15-2-1-7-22-15/h8-10,15H,1-7,11H2/t15-/m1/s1. The minimum Gasteiger partial charge on any atom is -0.377 e. The molecule has 6 heteroatoms. The molecule has 0 aromatic heterocycles. The van der Waals surface area contributed by atoms with Gasteiger partial charge in [0, 0.05) is 54.9 Å². The van der Waals surface area contributed by atoms with Gasteiger partial charge in [0.25, 0.3) is 5.91 Å². The third-order valence-electron chi connectivity index (χ3n) is 4.25. The highest BCUT2D eigenvalue weighted by atomic mass is 35.5. The molecule has 22 heavy (non-hydrogen) atoms. The number of amides is 1. The first-order chi connectivity index (χ1) is 10.6. The zero-order valence-electron chi connectivity index (χ0n) is 12.4. The summed E-state index contributed by atoms with van der Waals surface area (Å²) in [5, 5.41) is 0.987. The molecular formula is C16H20Cl2N2O2. The van der Waals surface area contributed by atoms with Gasteiger partial charge in [0.05, 0.1) is 6.10 Å². The summed E-state index contributed by atoms with van der Waals surface area (Å²) < 4.78 is 5.67. The Labute approximate surface area is 140 Å². The number of halogens is 2. The fraction of sp³-hybridized carbons (Fsp3) is 0.562. The molecule has 2 aliphatic heterocycles. The quantitative estimate of drug-likeness (QED) is 0.846. The maximum Gasteiger partial charge on any atom is 0.254 e. The zero-order valence-corrected chi connectivity index (χ0v) is 13.9. The summed E-state index contributed by atoms with van der Waals surface area (Å²) in [6, 6.07) is 4.99. The third-order valence-corrected chi connectivity index (χ3v) is 4.69. The molecule has 120 valence electrons. The van der Waals surface area contributed by atoms with Gasteiger partial charge in [0.2, 0.25) is 0 Å². The number of benzene rings is 1. The monoisotopic (exact) mass is 342 g/mol. The van der Waals surface area contributed by atoms with Crippen LogP contribution >= 0.6 is 23.2 Å². The Morgan fingerprint density at radius 2 is 1.82 bits per heavy atom. The average molecular weight is 343 g/mol. The van der Waals surface area contributed by atoms with E-state index in [1.54, 1.807) is 18.2 Å². The van der Waals surface area contributed by atoms with Crippen molar-refractivity contribution in [1.29, 1.82) is 0 Å². The van der Waals surface area contributed by atoms with E-state index in [9.17, 15) is 4.79 Å². The number of carbonyl (C=O) groups excluding carboxylic acids is 1. The Bertz CT molecular complexity index is 519. The first-order valence-electron chi connectivity index (χ1n) is 7.71. The molecule has 0 unspecified atom stereocenters. The Hall–Kier alpha value is -0.810. The molecule has 2 aliphatic rings. The highest BCUT2D eigenvalue weighted by Crippen LogP contribution is 2.21. The molecule has 4 nitrogen and oxygen atoms in total. The Morgan fingerprint density at radius 1 is 1.14 bits per heavy atom. The van der Waals surface area contributed by atoms with Gasteiger partial charge in [-0.2, -0.15) is 0 Å². The van der Waals surface area contributed by atoms with Gasteiger partial charge in [-0.15, -0.1) is 0 Å². The normalized spacial score (nSPS) is 23.0. The van der Waals surface area contributed by atoms with Crippen molar-refractivity contribution in [3.8, 4) is 0 Å². The van der Waals surface area contributed by atoms with Gasteiger partial charge in [-0.3, -0.25) is 9.69 Å². The van der Waals surface area contributed by atoms with E-state index in [0.717, 1.165) is 45.8 Å². The number of ether oxygens (including phenoxy) is 1. The molecule has 0 saturated carbocycles. The van der Waals surface area contributed by atoms with E-state index in [1.807, 2.05) is 4.90 Å². The summed E-state index contributed by atoms with van der Waals surface area (Å²) in [5.41, 5.74) is 0.560. The van der Waals surface area contributed by atoms with Crippen LogP contribution in [0.25, 0.3) is 0 Å². The van der Waals surface area contributed by atoms with Crippen molar-refractivity contribution in [2.75, 3.05) is 39.3 Å². The fourth-order valence-corrected chi connectivity index (χ4v) is 3.60. The van der Waals surface area contributed by atoms with E-state index in [1.165, 1.54) is 6.42 Å². The van der Waals surface area contributed by atoms with E-state index in [0.29, 0.717) is 21.7 Å². The lowest BCUT2D eigenvalue weighted by Gasteiger charge is -2.35. The number of hydrogen-bond donors (Lipinski definition) is 0. The van der Waals surface area contributed by atoms with Crippen molar-refractivity contribution in [3.63, 3.8) is 0 Å². The van der Waals surface area contributed by atoms with Crippen LogP contribution in [0, 0.1) is 0 Å². The second-order valence-electron chi connectivity index (χ2n) is 5.89. The van der Waals surface area contributed by atoms with Crippen LogP contribution in [0.5, 0.6) is 0 Å². The topological polar surface area (TPSA) is 32.8 Å². The summed E-state index contributed by atoms with van der Waals surface area (Å²) in [7, 11) is 0. The van der Waals surface area contributed by atoms with E-state index in [-0.39, 0.29) is 5.91 Å². The van der Waals surface area contributed by atoms with Gasteiger partial charge in [-0.05, 0) is 31.0 Å². The van der Waals surface area contributed by atoms with Crippen LogP contribution in [0.1, 0.15) is 23.2 Å². The molecule has 2 fully saturated rings. The van der Waals surface area contributed by atoms with Gasteiger partial charge in [0.1, 0.15) is 0 Å². The molecule has 0 N–H and O–H groups in total. The minimum absolute atomic E-state index is 0.00108. The Balaban J connectivity index is 1.55. The van der Waals surface area contributed by atoms with Crippen molar-refractivity contribution >= 4 is 29.1 Å². The number of carbonyl (C=O) groups is 1. The Kier molecular flexibility index (Phi) is 5.24. The van der Waals surface area contributed by atoms with Crippen molar-refractivity contribution in [2.45, 2.75) is 18.9 Å². The van der Waals surface area contributed by atoms with Gasteiger partial charge in [0.15, 0.2) is 0 Å².